The van der Waals surface area contributed by atoms with Crippen molar-refractivity contribution in [2.24, 2.45) is 0 Å². The van der Waals surface area contributed by atoms with E-state index in [1.165, 1.54) is 10.8 Å². The molecule has 0 amide bonds. The molecule has 0 spiro atoms. The van der Waals surface area contributed by atoms with Gasteiger partial charge in [-0.15, -0.1) is 0 Å². The maximum atomic E-state index is 6.21. The van der Waals surface area contributed by atoms with E-state index in [1.54, 1.807) is 0 Å². The topological polar surface area (TPSA) is 69.6 Å². The van der Waals surface area contributed by atoms with E-state index in [9.17, 15) is 0 Å². The Hall–Kier alpha value is -9.52. The van der Waals surface area contributed by atoms with E-state index in [1.807, 2.05) is 48.5 Å². The molecular weight excluding hydrogens is 855 g/mol. The lowest BCUT2D eigenvalue weighted by molar-refractivity contribution is 0.669. The van der Waals surface area contributed by atoms with E-state index in [2.05, 4.69) is 193 Å². The summed E-state index contributed by atoms with van der Waals surface area (Å²) in [5, 5.41) is 8.04. The molecule has 0 bridgehead atoms. The van der Waals surface area contributed by atoms with Crippen LogP contribution in [0.1, 0.15) is 0 Å². The highest BCUT2D eigenvalue weighted by atomic mass is 16.3. The molecule has 0 N–H and O–H groups in total. The van der Waals surface area contributed by atoms with Gasteiger partial charge in [-0.1, -0.05) is 182 Å². The van der Waals surface area contributed by atoms with Crippen LogP contribution in [0.15, 0.2) is 241 Å². The maximum Gasteiger partial charge on any atom is 0.164 e. The molecule has 0 atom stereocenters. The Morgan fingerprint density at radius 2 is 0.786 bits per heavy atom. The first kappa shape index (κ1) is 39.6. The molecule has 6 nitrogen and oxygen atoms in total. The van der Waals surface area contributed by atoms with Crippen molar-refractivity contribution in [3.63, 3.8) is 0 Å². The summed E-state index contributed by atoms with van der Waals surface area (Å²) in [5.41, 5.74) is 15.3. The summed E-state index contributed by atoms with van der Waals surface area (Å²) in [7, 11) is 0. The fourth-order valence-electron chi connectivity index (χ4n) is 10.3. The smallest absolute Gasteiger partial charge is 0.164 e. The molecule has 14 aromatic rings. The van der Waals surface area contributed by atoms with Gasteiger partial charge in [0.15, 0.2) is 17.5 Å². The first-order chi connectivity index (χ1) is 34.7. The van der Waals surface area contributed by atoms with Gasteiger partial charge in [0.2, 0.25) is 0 Å². The monoisotopic (exact) mass is 893 g/mol. The van der Waals surface area contributed by atoms with Crippen molar-refractivity contribution in [3.05, 3.63) is 237 Å². The Balaban J connectivity index is 0.857. The highest BCUT2D eigenvalue weighted by molar-refractivity contribution is 6.28. The SMILES string of the molecule is c1ccc(-c2nc(-c3ccc(-c4ccc5c(c4)oc4ccccc45)cc3)nc(-c3ccc(-c4ccc5nc(-c6ccccc6)c6c(ccc7c6c6ccccc6n7-c6ccccc6)c5c4)cc3)n2)cc1. The van der Waals surface area contributed by atoms with Gasteiger partial charge in [-0.05, 0) is 82.2 Å². The van der Waals surface area contributed by atoms with Crippen LogP contribution in [0.5, 0.6) is 0 Å². The van der Waals surface area contributed by atoms with Gasteiger partial charge in [-0.3, -0.25) is 0 Å². The maximum absolute atomic E-state index is 6.21. The summed E-state index contributed by atoms with van der Waals surface area (Å²) in [6, 6.07) is 82.8. The average Bonchev–Trinajstić information content (AvgIpc) is 3.99. The van der Waals surface area contributed by atoms with Gasteiger partial charge in [-0.2, -0.15) is 0 Å². The first-order valence-electron chi connectivity index (χ1n) is 23.5. The number of hydrogen-bond acceptors (Lipinski definition) is 5. The van der Waals surface area contributed by atoms with Gasteiger partial charge in [0, 0.05) is 60.3 Å². The molecule has 0 saturated carbocycles. The number of benzene rings is 10. The lowest BCUT2D eigenvalue weighted by Gasteiger charge is -2.14. The van der Waals surface area contributed by atoms with E-state index < -0.39 is 0 Å². The summed E-state index contributed by atoms with van der Waals surface area (Å²) < 4.78 is 8.58. The third kappa shape index (κ3) is 6.57. The first-order valence-corrected chi connectivity index (χ1v) is 23.5. The van der Waals surface area contributed by atoms with Crippen molar-refractivity contribution in [2.75, 3.05) is 0 Å². The van der Waals surface area contributed by atoms with Crippen LogP contribution in [0, 0.1) is 0 Å². The number of furan rings is 1. The third-order valence-electron chi connectivity index (χ3n) is 13.7. The number of aromatic nitrogens is 5. The molecule has 0 unspecified atom stereocenters. The Labute approximate surface area is 402 Å². The van der Waals surface area contributed by atoms with Crippen LogP contribution >= 0.6 is 0 Å². The Kier molecular flexibility index (Phi) is 9.10. The van der Waals surface area contributed by atoms with Crippen molar-refractivity contribution >= 4 is 65.4 Å². The fraction of sp³-hybridized carbons (Fsp3) is 0. The average molecular weight is 894 g/mol. The standard InChI is InChI=1S/C64H39N5O/c1-4-14-42(15-5-1)61-60-51(35-37-56-59(60)52-21-10-12-22-55(52)69(56)48-18-8-3-9-19-48)53-38-46(33-36-54(53)65-61)40-24-28-44(29-25-40)63-66-62(43-16-6-2-7-17-43)67-64(68-63)45-30-26-41(27-31-45)47-32-34-50-49-20-11-13-23-57(49)70-58(50)39-47/h1-39H. The molecular formula is C64H39N5O. The quantitative estimate of drug-likeness (QED) is 0.149. The summed E-state index contributed by atoms with van der Waals surface area (Å²) >= 11 is 0. The van der Waals surface area contributed by atoms with Gasteiger partial charge >= 0.3 is 0 Å². The van der Waals surface area contributed by atoms with Crippen LogP contribution in [-0.2, 0) is 0 Å². The van der Waals surface area contributed by atoms with Gasteiger partial charge in [0.1, 0.15) is 11.2 Å². The van der Waals surface area contributed by atoms with Crippen LogP contribution in [0.2, 0.25) is 0 Å². The van der Waals surface area contributed by atoms with Crippen molar-refractivity contribution in [1.82, 2.24) is 24.5 Å². The zero-order valence-corrected chi connectivity index (χ0v) is 37.7. The molecule has 0 saturated heterocycles. The Morgan fingerprint density at radius 3 is 1.47 bits per heavy atom. The van der Waals surface area contributed by atoms with Gasteiger partial charge in [-0.25, -0.2) is 19.9 Å². The molecule has 0 aliphatic carbocycles. The lowest BCUT2D eigenvalue weighted by Crippen LogP contribution is -2.00. The minimum Gasteiger partial charge on any atom is -0.456 e. The van der Waals surface area contributed by atoms with Crippen LogP contribution in [-0.4, -0.2) is 24.5 Å². The van der Waals surface area contributed by atoms with Crippen molar-refractivity contribution in [3.8, 4) is 73.4 Å². The number of para-hydroxylation sites is 3. The molecule has 0 aliphatic heterocycles. The van der Waals surface area contributed by atoms with E-state index >= 15 is 0 Å². The van der Waals surface area contributed by atoms with Gasteiger partial charge in [0.05, 0.1) is 22.2 Å². The lowest BCUT2D eigenvalue weighted by atomic mass is 9.94. The summed E-state index contributed by atoms with van der Waals surface area (Å²) in [4.78, 5) is 20.6. The highest BCUT2D eigenvalue weighted by Crippen LogP contribution is 2.43. The second-order valence-electron chi connectivity index (χ2n) is 17.8. The third-order valence-corrected chi connectivity index (χ3v) is 13.7. The second-order valence-corrected chi connectivity index (χ2v) is 17.8. The number of fused-ring (bicyclic) bond motifs is 10. The normalized spacial score (nSPS) is 11.7. The van der Waals surface area contributed by atoms with Crippen LogP contribution in [0.3, 0.4) is 0 Å². The summed E-state index contributed by atoms with van der Waals surface area (Å²) in [5.74, 6) is 1.83. The summed E-state index contributed by atoms with van der Waals surface area (Å²) in [6.07, 6.45) is 0. The Bertz CT molecular complexity index is 4320. The molecule has 0 aliphatic rings. The number of nitrogens with zero attached hydrogens (tertiary/aromatic N) is 5. The zero-order valence-electron chi connectivity index (χ0n) is 37.7. The predicted molar refractivity (Wildman–Crippen MR) is 287 cm³/mol. The minimum absolute atomic E-state index is 0.607. The molecule has 4 aromatic heterocycles. The second kappa shape index (κ2) is 16.1. The molecule has 10 aromatic carbocycles. The molecule has 0 fully saturated rings. The van der Waals surface area contributed by atoms with E-state index in [-0.39, 0.29) is 0 Å². The van der Waals surface area contributed by atoms with Gasteiger partial charge in [0.25, 0.3) is 0 Å². The molecule has 4 heterocycles. The Morgan fingerprint density at radius 1 is 0.286 bits per heavy atom. The van der Waals surface area contributed by atoms with Crippen LogP contribution in [0.25, 0.3) is 139 Å². The van der Waals surface area contributed by atoms with E-state index in [4.69, 9.17) is 24.4 Å². The van der Waals surface area contributed by atoms with Crippen molar-refractivity contribution in [1.29, 1.82) is 0 Å². The zero-order chi connectivity index (χ0) is 46.1. The van der Waals surface area contributed by atoms with Crippen molar-refractivity contribution in [2.45, 2.75) is 0 Å². The molecule has 70 heavy (non-hydrogen) atoms. The molecule has 326 valence electrons. The van der Waals surface area contributed by atoms with E-state index in [0.29, 0.717) is 17.5 Å². The van der Waals surface area contributed by atoms with E-state index in [0.717, 1.165) is 111 Å². The minimum atomic E-state index is 0.607. The summed E-state index contributed by atoms with van der Waals surface area (Å²) in [6.45, 7) is 0. The number of hydrogen-bond donors (Lipinski definition) is 0. The molecule has 0 radical (unpaired) electrons. The highest BCUT2D eigenvalue weighted by Gasteiger charge is 2.21. The van der Waals surface area contributed by atoms with Crippen LogP contribution in [0.4, 0.5) is 0 Å². The molecule has 6 heteroatoms. The van der Waals surface area contributed by atoms with Gasteiger partial charge < -0.3 is 8.98 Å². The number of rotatable bonds is 7. The van der Waals surface area contributed by atoms with Crippen LogP contribution < -0.4 is 0 Å². The largest absolute Gasteiger partial charge is 0.456 e. The molecule has 14 rings (SSSR count). The fourth-order valence-corrected chi connectivity index (χ4v) is 10.3. The predicted octanol–water partition coefficient (Wildman–Crippen LogP) is 16.6. The van der Waals surface area contributed by atoms with Crippen molar-refractivity contribution < 1.29 is 4.42 Å². The number of pyridine rings is 1.